The van der Waals surface area contributed by atoms with Crippen LogP contribution in [0.15, 0.2) is 77.7 Å². The maximum atomic E-state index is 9.39. The fourth-order valence-corrected chi connectivity index (χ4v) is 2.61. The summed E-state index contributed by atoms with van der Waals surface area (Å²) in [4.78, 5) is 8.32. The van der Waals surface area contributed by atoms with Crippen LogP contribution in [-0.4, -0.2) is 9.97 Å². The molecule has 4 rings (SSSR count). The molecule has 2 aromatic carbocycles. The number of nitrogen functional groups attached to an aromatic ring is 1. The number of nitriles is 1. The van der Waals surface area contributed by atoms with Gasteiger partial charge in [-0.1, -0.05) is 18.2 Å². The molecule has 7 heteroatoms. The highest BCUT2D eigenvalue weighted by Gasteiger charge is 2.13. The van der Waals surface area contributed by atoms with Crippen molar-refractivity contribution in [3.05, 3.63) is 78.8 Å². The summed E-state index contributed by atoms with van der Waals surface area (Å²) in [5.41, 5.74) is 8.20. The van der Waals surface area contributed by atoms with E-state index in [2.05, 4.69) is 15.3 Å². The van der Waals surface area contributed by atoms with Gasteiger partial charge in [0, 0.05) is 17.3 Å². The largest absolute Gasteiger partial charge is 0.444 e. The number of hydrogen-bond acceptors (Lipinski definition) is 7. The van der Waals surface area contributed by atoms with Gasteiger partial charge < -0.3 is 20.2 Å². The van der Waals surface area contributed by atoms with Gasteiger partial charge in [0.15, 0.2) is 12.2 Å². The third-order valence-electron chi connectivity index (χ3n) is 3.96. The fourth-order valence-electron chi connectivity index (χ4n) is 2.61. The topological polar surface area (TPSA) is 110 Å². The van der Waals surface area contributed by atoms with Gasteiger partial charge in [-0.05, 0) is 36.4 Å². The highest BCUT2D eigenvalue weighted by Crippen LogP contribution is 2.30. The lowest BCUT2D eigenvalue weighted by Crippen LogP contribution is -2.02. The molecule has 4 aromatic rings. The predicted octanol–water partition coefficient (Wildman–Crippen LogP) is 4.73. The molecule has 2 heterocycles. The molecule has 0 radical (unpaired) electrons. The number of benzene rings is 2. The zero-order valence-electron chi connectivity index (χ0n) is 14.7. The van der Waals surface area contributed by atoms with E-state index in [-0.39, 0.29) is 17.1 Å². The van der Waals surface area contributed by atoms with Crippen LogP contribution in [-0.2, 0) is 0 Å². The number of nitrogens with two attached hydrogens (primary N) is 1. The van der Waals surface area contributed by atoms with Crippen LogP contribution in [0.5, 0.6) is 11.6 Å². The van der Waals surface area contributed by atoms with Crippen LogP contribution in [0.2, 0.25) is 0 Å². The molecule has 136 valence electrons. The maximum absolute atomic E-state index is 9.39. The first kappa shape index (κ1) is 17.1. The Hall–Kier alpha value is -4.31. The van der Waals surface area contributed by atoms with Gasteiger partial charge in [-0.3, -0.25) is 0 Å². The number of rotatable bonds is 5. The van der Waals surface area contributed by atoms with Gasteiger partial charge in [-0.25, -0.2) is 4.98 Å². The van der Waals surface area contributed by atoms with Crippen molar-refractivity contribution in [2.45, 2.75) is 0 Å². The van der Waals surface area contributed by atoms with Crippen LogP contribution in [0, 0.1) is 11.3 Å². The third-order valence-corrected chi connectivity index (χ3v) is 3.96. The van der Waals surface area contributed by atoms with Crippen LogP contribution in [0.3, 0.4) is 0 Å². The number of pyridine rings is 1. The second-order valence-electron chi connectivity index (χ2n) is 5.87. The molecule has 0 aliphatic heterocycles. The molecule has 0 atom stereocenters. The molecule has 0 saturated carbocycles. The second kappa shape index (κ2) is 7.51. The van der Waals surface area contributed by atoms with E-state index in [1.807, 2.05) is 48.5 Å². The minimum atomic E-state index is 0.148. The van der Waals surface area contributed by atoms with Crippen LogP contribution < -0.4 is 15.8 Å². The lowest BCUT2D eigenvalue weighted by atomic mass is 10.1. The summed E-state index contributed by atoms with van der Waals surface area (Å²) >= 11 is 0. The molecule has 0 unspecified atom stereocenters. The smallest absolute Gasteiger partial charge is 0.241 e. The average molecular weight is 369 g/mol. The van der Waals surface area contributed by atoms with Crippen molar-refractivity contribution in [1.29, 1.82) is 5.26 Å². The maximum Gasteiger partial charge on any atom is 0.241 e. The van der Waals surface area contributed by atoms with Crippen molar-refractivity contribution in [1.82, 2.24) is 9.97 Å². The molecule has 0 bridgehead atoms. The van der Waals surface area contributed by atoms with Crippen molar-refractivity contribution in [3.8, 4) is 29.0 Å². The molecule has 0 spiro atoms. The van der Waals surface area contributed by atoms with E-state index in [9.17, 15) is 5.26 Å². The Morgan fingerprint density at radius 3 is 2.54 bits per heavy atom. The molecule has 3 N–H and O–H groups in total. The molecule has 0 amide bonds. The summed E-state index contributed by atoms with van der Waals surface area (Å²) in [6, 6.07) is 20.3. The Bertz CT molecular complexity index is 1120. The van der Waals surface area contributed by atoms with Gasteiger partial charge in [0.05, 0.1) is 11.9 Å². The lowest BCUT2D eigenvalue weighted by Gasteiger charge is -2.12. The first-order valence-electron chi connectivity index (χ1n) is 8.42. The molecule has 28 heavy (non-hydrogen) atoms. The third kappa shape index (κ3) is 3.61. The van der Waals surface area contributed by atoms with Crippen molar-refractivity contribution in [2.75, 3.05) is 11.1 Å². The quantitative estimate of drug-likeness (QED) is 0.523. The monoisotopic (exact) mass is 369 g/mol. The fraction of sp³-hybridized carbons (Fsp3) is 0. The Labute approximate surface area is 161 Å². The average Bonchev–Trinajstić information content (AvgIpc) is 3.24. The number of hydrogen-bond donors (Lipinski definition) is 2. The zero-order chi connectivity index (χ0) is 19.3. The molecule has 0 fully saturated rings. The van der Waals surface area contributed by atoms with Gasteiger partial charge in [-0.15, -0.1) is 0 Å². The molecule has 0 aliphatic rings. The Morgan fingerprint density at radius 2 is 1.86 bits per heavy atom. The molecular formula is C21H15N5O2. The molecule has 2 aromatic heterocycles. The van der Waals surface area contributed by atoms with Crippen molar-refractivity contribution in [3.63, 3.8) is 0 Å². The van der Waals surface area contributed by atoms with Crippen molar-refractivity contribution in [2.24, 2.45) is 0 Å². The number of ether oxygens (including phenoxy) is 1. The summed E-state index contributed by atoms with van der Waals surface area (Å²) in [5.74, 6) is 1.87. The lowest BCUT2D eigenvalue weighted by molar-refractivity contribution is 0.462. The van der Waals surface area contributed by atoms with Gasteiger partial charge in [0.1, 0.15) is 23.2 Å². The van der Waals surface area contributed by atoms with Crippen LogP contribution in [0.1, 0.15) is 5.56 Å². The SMILES string of the molecule is N#Cc1c(N)cc(Nc2ccc(-c3cnco3)cc2)nc1Oc1ccccc1. The molecular weight excluding hydrogens is 354 g/mol. The minimum Gasteiger partial charge on any atom is -0.444 e. The number of oxazole rings is 1. The van der Waals surface area contributed by atoms with Crippen molar-refractivity contribution >= 4 is 17.2 Å². The summed E-state index contributed by atoms with van der Waals surface area (Å²) in [5, 5.41) is 12.6. The van der Waals surface area contributed by atoms with E-state index in [0.717, 1.165) is 11.3 Å². The van der Waals surface area contributed by atoms with E-state index in [4.69, 9.17) is 14.9 Å². The van der Waals surface area contributed by atoms with Crippen LogP contribution in [0.25, 0.3) is 11.3 Å². The van der Waals surface area contributed by atoms with Crippen LogP contribution >= 0.6 is 0 Å². The van der Waals surface area contributed by atoms with Gasteiger partial charge in [-0.2, -0.15) is 10.2 Å². The molecule has 7 nitrogen and oxygen atoms in total. The number of para-hydroxylation sites is 1. The number of anilines is 3. The summed E-state index contributed by atoms with van der Waals surface area (Å²) in [6.45, 7) is 0. The van der Waals surface area contributed by atoms with E-state index in [0.29, 0.717) is 17.3 Å². The van der Waals surface area contributed by atoms with E-state index >= 15 is 0 Å². The predicted molar refractivity (Wildman–Crippen MR) is 105 cm³/mol. The van der Waals surface area contributed by atoms with E-state index < -0.39 is 0 Å². The first-order valence-corrected chi connectivity index (χ1v) is 8.42. The zero-order valence-corrected chi connectivity index (χ0v) is 14.7. The first-order chi connectivity index (χ1) is 13.7. The molecule has 0 aliphatic carbocycles. The normalized spacial score (nSPS) is 10.2. The number of nitrogens with zero attached hydrogens (tertiary/aromatic N) is 3. The van der Waals surface area contributed by atoms with E-state index in [1.54, 1.807) is 24.4 Å². The highest BCUT2D eigenvalue weighted by molar-refractivity contribution is 5.69. The Kier molecular flexibility index (Phi) is 4.59. The van der Waals surface area contributed by atoms with E-state index in [1.165, 1.54) is 6.39 Å². The molecule has 0 saturated heterocycles. The second-order valence-corrected chi connectivity index (χ2v) is 5.87. The Balaban J connectivity index is 1.60. The summed E-state index contributed by atoms with van der Waals surface area (Å²) < 4.78 is 11.0. The van der Waals surface area contributed by atoms with Crippen LogP contribution in [0.4, 0.5) is 17.2 Å². The van der Waals surface area contributed by atoms with Gasteiger partial charge in [0.25, 0.3) is 0 Å². The minimum absolute atomic E-state index is 0.148. The summed E-state index contributed by atoms with van der Waals surface area (Å²) in [7, 11) is 0. The Morgan fingerprint density at radius 1 is 1.07 bits per heavy atom. The highest BCUT2D eigenvalue weighted by atomic mass is 16.5. The number of nitrogens with one attached hydrogen (secondary N) is 1. The summed E-state index contributed by atoms with van der Waals surface area (Å²) in [6.07, 6.45) is 3.04. The van der Waals surface area contributed by atoms with Gasteiger partial charge in [0.2, 0.25) is 5.88 Å². The van der Waals surface area contributed by atoms with Gasteiger partial charge >= 0.3 is 0 Å². The van der Waals surface area contributed by atoms with Crippen molar-refractivity contribution < 1.29 is 9.15 Å². The standard InChI is InChI=1S/C21H15N5O2/c22-11-17-18(23)10-20(26-21(17)28-16-4-2-1-3-5-16)25-15-8-6-14(7-9-15)19-12-24-13-27-19/h1-10,12-13H,(H3,23,25,26). The number of aromatic nitrogens is 2.